The van der Waals surface area contributed by atoms with E-state index in [0.717, 1.165) is 0 Å². The van der Waals surface area contributed by atoms with Gasteiger partial charge in [-0.25, -0.2) is 4.79 Å². The average molecular weight is 318 g/mol. The Kier molecular flexibility index (Phi) is 6.64. The first-order valence-corrected chi connectivity index (χ1v) is 9.12. The molecule has 1 aliphatic rings. The molecule has 1 heterocycles. The topological polar surface area (TPSA) is 86.7 Å². The number of hydrogen-bond acceptors (Lipinski definition) is 3. The Bertz CT molecular complexity index is 406. The number of likely N-dealkylation sites (tertiary alicyclic amines) is 1. The maximum Gasteiger partial charge on any atom is 0.317 e. The van der Waals surface area contributed by atoms with Crippen LogP contribution in [0.15, 0.2) is 0 Å². The van der Waals surface area contributed by atoms with Gasteiger partial charge >= 0.3 is 12.0 Å². The van der Waals surface area contributed by atoms with E-state index < -0.39 is 22.2 Å². The minimum absolute atomic E-state index is 0.0290. The molecule has 0 aliphatic carbocycles. The number of amides is 2. The van der Waals surface area contributed by atoms with E-state index in [1.807, 2.05) is 13.8 Å². The fourth-order valence-electron chi connectivity index (χ4n) is 2.57. The third kappa shape index (κ3) is 4.98. The van der Waals surface area contributed by atoms with Gasteiger partial charge in [0.25, 0.3) is 0 Å². The van der Waals surface area contributed by atoms with Crippen molar-refractivity contribution in [3.8, 4) is 0 Å². The Balaban J connectivity index is 2.45. The molecule has 0 aromatic heterocycles. The van der Waals surface area contributed by atoms with Gasteiger partial charge in [-0.3, -0.25) is 9.00 Å². The first-order chi connectivity index (χ1) is 9.80. The van der Waals surface area contributed by atoms with Crippen molar-refractivity contribution in [1.29, 1.82) is 0 Å². The van der Waals surface area contributed by atoms with E-state index in [9.17, 15) is 18.9 Å². The highest BCUT2D eigenvalue weighted by Gasteiger charge is 2.40. The quantitative estimate of drug-likeness (QED) is 0.775. The second-order valence-electron chi connectivity index (χ2n) is 5.84. The molecule has 0 aromatic carbocycles. The Morgan fingerprint density at radius 1 is 1.38 bits per heavy atom. The van der Waals surface area contributed by atoms with Gasteiger partial charge in [0.05, 0.1) is 5.41 Å². The first kappa shape index (κ1) is 17.9. The molecule has 1 fully saturated rings. The third-order valence-electron chi connectivity index (χ3n) is 4.35. The van der Waals surface area contributed by atoms with Crippen LogP contribution in [0.2, 0.25) is 0 Å². The Hall–Kier alpha value is -1.11. The SMILES string of the molecule is CCC1(C(=O)O)CCN(C(=O)NC(C)CCS(C)=O)CC1. The predicted octanol–water partition coefficient (Wildman–Crippen LogP) is 1.43. The second-order valence-corrected chi connectivity index (χ2v) is 7.40. The summed E-state index contributed by atoms with van der Waals surface area (Å²) in [6.07, 6.45) is 3.92. The van der Waals surface area contributed by atoms with E-state index in [1.54, 1.807) is 11.2 Å². The van der Waals surface area contributed by atoms with Crippen molar-refractivity contribution in [2.45, 2.75) is 45.6 Å². The lowest BCUT2D eigenvalue weighted by Gasteiger charge is -2.38. The highest BCUT2D eigenvalue weighted by atomic mass is 32.2. The highest BCUT2D eigenvalue weighted by Crippen LogP contribution is 2.35. The van der Waals surface area contributed by atoms with Crippen LogP contribution in [0.1, 0.15) is 39.5 Å². The number of carbonyl (C=O) groups excluding carboxylic acids is 1. The summed E-state index contributed by atoms with van der Waals surface area (Å²) < 4.78 is 11.0. The van der Waals surface area contributed by atoms with Crippen LogP contribution in [0.4, 0.5) is 4.79 Å². The molecule has 0 radical (unpaired) electrons. The van der Waals surface area contributed by atoms with E-state index in [1.165, 1.54) is 0 Å². The van der Waals surface area contributed by atoms with Crippen molar-refractivity contribution < 1.29 is 18.9 Å². The minimum Gasteiger partial charge on any atom is -0.481 e. The minimum atomic E-state index is -0.853. The molecule has 2 N–H and O–H groups in total. The van der Waals surface area contributed by atoms with Crippen LogP contribution in [0.5, 0.6) is 0 Å². The second kappa shape index (κ2) is 7.77. The van der Waals surface area contributed by atoms with Crippen molar-refractivity contribution in [3.63, 3.8) is 0 Å². The molecular weight excluding hydrogens is 292 g/mol. The summed E-state index contributed by atoms with van der Waals surface area (Å²) in [5.74, 6) is -0.191. The summed E-state index contributed by atoms with van der Waals surface area (Å²) >= 11 is 0. The molecule has 0 saturated carbocycles. The molecule has 21 heavy (non-hydrogen) atoms. The van der Waals surface area contributed by atoms with Crippen LogP contribution in [-0.4, -0.2) is 57.4 Å². The van der Waals surface area contributed by atoms with Crippen molar-refractivity contribution in [2.24, 2.45) is 5.41 Å². The van der Waals surface area contributed by atoms with Gasteiger partial charge in [-0.2, -0.15) is 0 Å². The summed E-state index contributed by atoms with van der Waals surface area (Å²) in [4.78, 5) is 25.2. The van der Waals surface area contributed by atoms with Crippen LogP contribution in [-0.2, 0) is 15.6 Å². The molecule has 1 aliphatic heterocycles. The molecule has 1 rings (SSSR count). The maximum absolute atomic E-state index is 12.1. The summed E-state index contributed by atoms with van der Waals surface area (Å²) in [6, 6.07) is -0.182. The first-order valence-electron chi connectivity index (χ1n) is 7.39. The molecule has 7 heteroatoms. The molecular formula is C14H26N2O4S. The van der Waals surface area contributed by atoms with Crippen LogP contribution in [0, 0.1) is 5.41 Å². The van der Waals surface area contributed by atoms with E-state index in [4.69, 9.17) is 0 Å². The van der Waals surface area contributed by atoms with Gasteiger partial charge in [0.1, 0.15) is 0 Å². The summed E-state index contributed by atoms with van der Waals surface area (Å²) in [7, 11) is -0.853. The molecule has 1 saturated heterocycles. The molecule has 122 valence electrons. The molecule has 2 unspecified atom stereocenters. The lowest BCUT2D eigenvalue weighted by atomic mass is 9.76. The Morgan fingerprint density at radius 2 is 1.95 bits per heavy atom. The van der Waals surface area contributed by atoms with Crippen molar-refractivity contribution in [2.75, 3.05) is 25.1 Å². The number of rotatable bonds is 6. The number of urea groups is 1. The van der Waals surface area contributed by atoms with E-state index in [-0.39, 0.29) is 12.1 Å². The smallest absolute Gasteiger partial charge is 0.317 e. The zero-order valence-corrected chi connectivity index (χ0v) is 13.9. The number of piperidine rings is 1. The number of carboxylic acids is 1. The van der Waals surface area contributed by atoms with E-state index >= 15 is 0 Å². The van der Waals surface area contributed by atoms with Gasteiger partial charge < -0.3 is 15.3 Å². The number of nitrogens with zero attached hydrogens (tertiary/aromatic N) is 1. The maximum atomic E-state index is 12.1. The number of carboxylic acid groups (broad SMARTS) is 1. The van der Waals surface area contributed by atoms with Crippen molar-refractivity contribution >= 4 is 22.8 Å². The van der Waals surface area contributed by atoms with Gasteiger partial charge in [0.15, 0.2) is 0 Å². The van der Waals surface area contributed by atoms with Crippen LogP contribution in [0.25, 0.3) is 0 Å². The monoisotopic (exact) mass is 318 g/mol. The summed E-state index contributed by atoms with van der Waals surface area (Å²) in [5.41, 5.74) is -0.679. The lowest BCUT2D eigenvalue weighted by molar-refractivity contribution is -0.151. The van der Waals surface area contributed by atoms with Gasteiger partial charge in [0.2, 0.25) is 0 Å². The lowest BCUT2D eigenvalue weighted by Crippen LogP contribution is -2.51. The molecule has 6 nitrogen and oxygen atoms in total. The fraction of sp³-hybridized carbons (Fsp3) is 0.857. The third-order valence-corrected chi connectivity index (χ3v) is 5.16. The van der Waals surface area contributed by atoms with Gasteiger partial charge in [-0.1, -0.05) is 6.92 Å². The van der Waals surface area contributed by atoms with Gasteiger partial charge in [-0.05, 0) is 32.6 Å². The zero-order valence-electron chi connectivity index (χ0n) is 13.1. The fourth-order valence-corrected chi connectivity index (χ4v) is 3.26. The molecule has 0 aromatic rings. The normalized spacial score (nSPS) is 20.6. The Morgan fingerprint density at radius 3 is 2.38 bits per heavy atom. The van der Waals surface area contributed by atoms with Crippen molar-refractivity contribution in [3.05, 3.63) is 0 Å². The summed E-state index contributed by atoms with van der Waals surface area (Å²) in [5, 5.41) is 12.2. The number of aliphatic carboxylic acids is 1. The van der Waals surface area contributed by atoms with E-state index in [0.29, 0.717) is 44.5 Å². The van der Waals surface area contributed by atoms with Crippen LogP contribution < -0.4 is 5.32 Å². The largest absolute Gasteiger partial charge is 0.481 e. The molecule has 0 bridgehead atoms. The highest BCUT2D eigenvalue weighted by molar-refractivity contribution is 7.84. The van der Waals surface area contributed by atoms with Crippen molar-refractivity contribution in [1.82, 2.24) is 10.2 Å². The van der Waals surface area contributed by atoms with E-state index in [2.05, 4.69) is 5.32 Å². The Labute approximate surface area is 128 Å². The average Bonchev–Trinajstić information content (AvgIpc) is 2.44. The predicted molar refractivity (Wildman–Crippen MR) is 82.7 cm³/mol. The zero-order chi connectivity index (χ0) is 16.0. The van der Waals surface area contributed by atoms with Crippen LogP contribution in [0.3, 0.4) is 0 Å². The number of hydrogen-bond donors (Lipinski definition) is 2. The molecule has 2 amide bonds. The standard InChI is InChI=1S/C14H26N2O4S/c1-4-14(12(17)18)6-8-16(9-7-14)13(19)15-11(2)5-10-21(3)20/h11H,4-10H2,1-3H3,(H,15,19)(H,17,18). The summed E-state index contributed by atoms with van der Waals surface area (Å²) in [6.45, 7) is 4.72. The molecule has 0 spiro atoms. The van der Waals surface area contributed by atoms with Gasteiger partial charge in [0, 0.05) is 41.9 Å². The van der Waals surface area contributed by atoms with Crippen LogP contribution >= 0.6 is 0 Å². The number of nitrogens with one attached hydrogen (secondary N) is 1. The van der Waals surface area contributed by atoms with Gasteiger partial charge in [-0.15, -0.1) is 0 Å². The molecule has 2 atom stereocenters. The number of carbonyl (C=O) groups is 2.